The van der Waals surface area contributed by atoms with Crippen molar-refractivity contribution in [1.82, 2.24) is 0 Å². The Balaban J connectivity index is 1.89. The van der Waals surface area contributed by atoms with Gasteiger partial charge in [-0.1, -0.05) is 6.07 Å². The first-order chi connectivity index (χ1) is 10.4. The Morgan fingerprint density at radius 1 is 0.955 bits per heavy atom. The summed E-state index contributed by atoms with van der Waals surface area (Å²) in [6.07, 6.45) is 0. The van der Waals surface area contributed by atoms with Crippen molar-refractivity contribution in [3.63, 3.8) is 0 Å². The lowest BCUT2D eigenvalue weighted by Gasteiger charge is -2.13. The second kappa shape index (κ2) is 6.98. The maximum absolute atomic E-state index is 12.0. The van der Waals surface area contributed by atoms with E-state index in [1.165, 1.54) is 0 Å². The molecular weight excluding hydrogens is 274 g/mol. The van der Waals surface area contributed by atoms with E-state index in [1.807, 2.05) is 69.2 Å². The van der Waals surface area contributed by atoms with Crippen molar-refractivity contribution in [2.75, 3.05) is 36.2 Å². The van der Waals surface area contributed by atoms with E-state index in [1.54, 1.807) is 0 Å². The fourth-order valence-corrected chi connectivity index (χ4v) is 2.31. The van der Waals surface area contributed by atoms with E-state index in [0.717, 1.165) is 28.2 Å². The lowest BCUT2D eigenvalue weighted by atomic mass is 10.1. The van der Waals surface area contributed by atoms with Gasteiger partial charge in [0.1, 0.15) is 0 Å². The number of anilines is 3. The quantitative estimate of drug-likeness (QED) is 0.889. The molecule has 2 aromatic rings. The highest BCUT2D eigenvalue weighted by molar-refractivity contribution is 5.93. The van der Waals surface area contributed by atoms with E-state index in [-0.39, 0.29) is 12.5 Å². The molecule has 22 heavy (non-hydrogen) atoms. The van der Waals surface area contributed by atoms with E-state index >= 15 is 0 Å². The molecule has 2 rings (SSSR count). The Kier molecular flexibility index (Phi) is 5.04. The predicted octanol–water partition coefficient (Wildman–Crippen LogP) is 3.42. The molecule has 4 nitrogen and oxygen atoms in total. The fraction of sp³-hybridized carbons (Fsp3) is 0.278. The fourth-order valence-electron chi connectivity index (χ4n) is 2.31. The average molecular weight is 297 g/mol. The number of hydrogen-bond donors (Lipinski definition) is 2. The first kappa shape index (κ1) is 15.9. The van der Waals surface area contributed by atoms with Gasteiger partial charge in [-0.15, -0.1) is 0 Å². The molecule has 0 aliphatic carbocycles. The summed E-state index contributed by atoms with van der Waals surface area (Å²) in [5.74, 6) is -0.0540. The van der Waals surface area contributed by atoms with Crippen LogP contribution in [0.2, 0.25) is 0 Å². The van der Waals surface area contributed by atoms with Crippen molar-refractivity contribution in [3.05, 3.63) is 53.6 Å². The van der Waals surface area contributed by atoms with Crippen LogP contribution in [0.3, 0.4) is 0 Å². The molecule has 116 valence electrons. The van der Waals surface area contributed by atoms with Gasteiger partial charge in [-0.25, -0.2) is 0 Å². The maximum Gasteiger partial charge on any atom is 0.243 e. The maximum atomic E-state index is 12.0. The molecule has 0 aromatic heterocycles. The van der Waals surface area contributed by atoms with Crippen LogP contribution in [0.5, 0.6) is 0 Å². The van der Waals surface area contributed by atoms with Gasteiger partial charge in [-0.3, -0.25) is 4.79 Å². The second-order valence-electron chi connectivity index (χ2n) is 5.72. The zero-order chi connectivity index (χ0) is 16.1. The summed E-state index contributed by atoms with van der Waals surface area (Å²) in [4.78, 5) is 14.0. The molecule has 0 aliphatic rings. The number of hydrogen-bond acceptors (Lipinski definition) is 3. The summed E-state index contributed by atoms with van der Waals surface area (Å²) in [5, 5.41) is 6.04. The van der Waals surface area contributed by atoms with Crippen LogP contribution in [0.25, 0.3) is 0 Å². The van der Waals surface area contributed by atoms with Gasteiger partial charge in [0, 0.05) is 31.2 Å². The minimum Gasteiger partial charge on any atom is -0.378 e. The summed E-state index contributed by atoms with van der Waals surface area (Å²) >= 11 is 0. The highest BCUT2D eigenvalue weighted by Crippen LogP contribution is 2.16. The Labute approximate surface area is 132 Å². The molecule has 0 heterocycles. The summed E-state index contributed by atoms with van der Waals surface area (Å²) in [6.45, 7) is 4.29. The molecule has 0 saturated carbocycles. The zero-order valence-electron chi connectivity index (χ0n) is 13.6. The third-order valence-electron chi connectivity index (χ3n) is 3.34. The molecule has 0 saturated heterocycles. The number of nitrogens with zero attached hydrogens (tertiary/aromatic N) is 1. The van der Waals surface area contributed by atoms with Crippen molar-refractivity contribution in [1.29, 1.82) is 0 Å². The lowest BCUT2D eigenvalue weighted by Crippen LogP contribution is -2.21. The van der Waals surface area contributed by atoms with Gasteiger partial charge in [0.05, 0.1) is 6.54 Å². The number of benzene rings is 2. The summed E-state index contributed by atoms with van der Waals surface area (Å²) in [7, 11) is 4.00. The standard InChI is InChI=1S/C18H23N3O/c1-13-9-14(2)11-16(10-13)20-18(22)12-19-15-5-7-17(8-6-15)21(3)4/h5-11,19H,12H2,1-4H3,(H,20,22). The van der Waals surface area contributed by atoms with Crippen molar-refractivity contribution < 1.29 is 4.79 Å². The molecule has 0 fully saturated rings. The number of carbonyl (C=O) groups excluding carboxylic acids is 1. The lowest BCUT2D eigenvalue weighted by molar-refractivity contribution is -0.114. The molecule has 4 heteroatoms. The summed E-state index contributed by atoms with van der Waals surface area (Å²) < 4.78 is 0. The first-order valence-electron chi connectivity index (χ1n) is 7.33. The Morgan fingerprint density at radius 2 is 1.55 bits per heavy atom. The average Bonchev–Trinajstić information content (AvgIpc) is 2.44. The van der Waals surface area contributed by atoms with Crippen LogP contribution in [-0.2, 0) is 4.79 Å². The molecule has 0 radical (unpaired) electrons. The Bertz CT molecular complexity index is 628. The molecule has 2 N–H and O–H groups in total. The highest BCUT2D eigenvalue weighted by atomic mass is 16.1. The summed E-state index contributed by atoms with van der Waals surface area (Å²) in [5.41, 5.74) is 5.18. The number of aryl methyl sites for hydroxylation is 2. The van der Waals surface area contributed by atoms with E-state index in [2.05, 4.69) is 16.7 Å². The van der Waals surface area contributed by atoms with Crippen molar-refractivity contribution >= 4 is 23.0 Å². The van der Waals surface area contributed by atoms with Gasteiger partial charge < -0.3 is 15.5 Å². The van der Waals surface area contributed by atoms with E-state index < -0.39 is 0 Å². The van der Waals surface area contributed by atoms with Gasteiger partial charge in [0.15, 0.2) is 0 Å². The van der Waals surface area contributed by atoms with E-state index in [4.69, 9.17) is 0 Å². The first-order valence-corrected chi connectivity index (χ1v) is 7.33. The molecule has 0 atom stereocenters. The van der Waals surface area contributed by atoms with Crippen LogP contribution in [0.15, 0.2) is 42.5 Å². The topological polar surface area (TPSA) is 44.4 Å². The minimum absolute atomic E-state index is 0.0540. The van der Waals surface area contributed by atoms with Crippen LogP contribution >= 0.6 is 0 Å². The monoisotopic (exact) mass is 297 g/mol. The normalized spacial score (nSPS) is 10.2. The Hall–Kier alpha value is -2.49. The van der Waals surface area contributed by atoms with Crippen LogP contribution < -0.4 is 15.5 Å². The summed E-state index contributed by atoms with van der Waals surface area (Å²) in [6, 6.07) is 14.0. The molecule has 0 unspecified atom stereocenters. The zero-order valence-corrected chi connectivity index (χ0v) is 13.6. The number of amides is 1. The van der Waals surface area contributed by atoms with E-state index in [9.17, 15) is 4.79 Å². The van der Waals surface area contributed by atoms with Crippen molar-refractivity contribution in [2.45, 2.75) is 13.8 Å². The molecular formula is C18H23N3O. The number of carbonyl (C=O) groups is 1. The van der Waals surface area contributed by atoms with E-state index in [0.29, 0.717) is 0 Å². The van der Waals surface area contributed by atoms with Gasteiger partial charge in [-0.2, -0.15) is 0 Å². The smallest absolute Gasteiger partial charge is 0.243 e. The van der Waals surface area contributed by atoms with Crippen molar-refractivity contribution in [2.24, 2.45) is 0 Å². The minimum atomic E-state index is -0.0540. The molecule has 2 aromatic carbocycles. The van der Waals surface area contributed by atoms with Crippen LogP contribution in [0.4, 0.5) is 17.1 Å². The van der Waals surface area contributed by atoms with Gasteiger partial charge in [-0.05, 0) is 61.4 Å². The van der Waals surface area contributed by atoms with Crippen molar-refractivity contribution in [3.8, 4) is 0 Å². The molecule has 1 amide bonds. The predicted molar refractivity (Wildman–Crippen MR) is 93.8 cm³/mol. The highest BCUT2D eigenvalue weighted by Gasteiger charge is 2.04. The van der Waals surface area contributed by atoms with Gasteiger partial charge in [0.25, 0.3) is 0 Å². The van der Waals surface area contributed by atoms with Crippen LogP contribution in [-0.4, -0.2) is 26.5 Å². The molecule has 0 bridgehead atoms. The number of nitrogens with one attached hydrogen (secondary N) is 2. The largest absolute Gasteiger partial charge is 0.378 e. The van der Waals surface area contributed by atoms with Gasteiger partial charge in [0.2, 0.25) is 5.91 Å². The number of rotatable bonds is 5. The Morgan fingerprint density at radius 3 is 2.09 bits per heavy atom. The molecule has 0 spiro atoms. The third-order valence-corrected chi connectivity index (χ3v) is 3.34. The van der Waals surface area contributed by atoms with Crippen LogP contribution in [0, 0.1) is 13.8 Å². The van der Waals surface area contributed by atoms with Crippen LogP contribution in [0.1, 0.15) is 11.1 Å². The molecule has 0 aliphatic heterocycles. The second-order valence-corrected chi connectivity index (χ2v) is 5.72. The van der Waals surface area contributed by atoms with Gasteiger partial charge >= 0.3 is 0 Å². The SMILES string of the molecule is Cc1cc(C)cc(NC(=O)CNc2ccc(N(C)C)cc2)c1. The third kappa shape index (κ3) is 4.52.